The van der Waals surface area contributed by atoms with Crippen LogP contribution in [-0.4, -0.2) is 47.2 Å². The van der Waals surface area contributed by atoms with Gasteiger partial charge in [-0.15, -0.1) is 0 Å². The van der Waals surface area contributed by atoms with Crippen LogP contribution >= 0.6 is 0 Å². The fourth-order valence-electron chi connectivity index (χ4n) is 7.55. The van der Waals surface area contributed by atoms with E-state index in [1.807, 2.05) is 47.4 Å². The van der Waals surface area contributed by atoms with Gasteiger partial charge in [-0.2, -0.15) is 0 Å². The van der Waals surface area contributed by atoms with Crippen molar-refractivity contribution in [3.8, 4) is 0 Å². The number of para-hydroxylation sites is 1. The minimum atomic E-state index is -1.17. The van der Waals surface area contributed by atoms with Gasteiger partial charge < -0.3 is 20.3 Å². The van der Waals surface area contributed by atoms with Gasteiger partial charge >= 0.3 is 0 Å². The van der Waals surface area contributed by atoms with Crippen LogP contribution in [0.4, 0.5) is 5.69 Å². The zero-order valence-corrected chi connectivity index (χ0v) is 21.5. The third kappa shape index (κ3) is 3.13. The maximum Gasteiger partial charge on any atom is 0.254 e. The molecule has 2 aromatic carbocycles. The molecule has 190 valence electrons. The van der Waals surface area contributed by atoms with Crippen molar-refractivity contribution in [1.82, 2.24) is 10.2 Å². The summed E-state index contributed by atoms with van der Waals surface area (Å²) in [6, 6.07) is 17.7. The Morgan fingerprint density at radius 3 is 2.42 bits per heavy atom. The number of ether oxygens (including phenoxy) is 1. The Hall–Kier alpha value is -2.86. The number of anilines is 1. The first kappa shape index (κ1) is 23.5. The van der Waals surface area contributed by atoms with Crippen LogP contribution in [0.2, 0.25) is 0 Å². The Morgan fingerprint density at radius 1 is 1.00 bits per heavy atom. The molecule has 0 aromatic heterocycles. The van der Waals surface area contributed by atoms with E-state index in [2.05, 4.69) is 43.5 Å². The van der Waals surface area contributed by atoms with Crippen molar-refractivity contribution >= 4 is 17.5 Å². The molecule has 1 spiro atoms. The summed E-state index contributed by atoms with van der Waals surface area (Å²) in [7, 11) is 0. The summed E-state index contributed by atoms with van der Waals surface area (Å²) in [4.78, 5) is 31.0. The Bertz CT molecular complexity index is 1170. The lowest BCUT2D eigenvalue weighted by Gasteiger charge is -2.49. The van der Waals surface area contributed by atoms with Crippen molar-refractivity contribution in [2.45, 2.75) is 88.6 Å². The normalized spacial score (nSPS) is 31.4. The number of amides is 2. The summed E-state index contributed by atoms with van der Waals surface area (Å²) in [6.45, 7) is 6.88. The molecule has 4 aliphatic rings. The van der Waals surface area contributed by atoms with Crippen LogP contribution in [0.15, 0.2) is 54.6 Å². The van der Waals surface area contributed by atoms with Gasteiger partial charge in [0, 0.05) is 23.8 Å². The highest BCUT2D eigenvalue weighted by molar-refractivity contribution is 6.02. The molecule has 1 aliphatic carbocycles. The van der Waals surface area contributed by atoms with Crippen LogP contribution in [0.3, 0.4) is 0 Å². The van der Waals surface area contributed by atoms with E-state index in [0.717, 1.165) is 36.9 Å². The van der Waals surface area contributed by atoms with Crippen molar-refractivity contribution in [1.29, 1.82) is 0 Å². The number of fused-ring (bicyclic) bond motifs is 1. The Balaban J connectivity index is 1.56. The number of hydrogen-bond donors (Lipinski definition) is 2. The van der Waals surface area contributed by atoms with E-state index in [1.165, 1.54) is 6.42 Å². The van der Waals surface area contributed by atoms with Gasteiger partial charge in [-0.05, 0) is 48.4 Å². The van der Waals surface area contributed by atoms with E-state index < -0.39 is 17.1 Å². The first-order chi connectivity index (χ1) is 17.3. The predicted molar refractivity (Wildman–Crippen MR) is 140 cm³/mol. The monoisotopic (exact) mass is 487 g/mol. The van der Waals surface area contributed by atoms with Crippen LogP contribution in [0, 0.1) is 5.41 Å². The number of carbonyl (C=O) groups excluding carboxylic acids is 2. The molecular weight excluding hydrogens is 450 g/mol. The van der Waals surface area contributed by atoms with E-state index in [-0.39, 0.29) is 29.5 Å². The zero-order chi connectivity index (χ0) is 25.1. The lowest BCUT2D eigenvalue weighted by atomic mass is 9.60. The summed E-state index contributed by atoms with van der Waals surface area (Å²) < 4.78 is 6.85. The predicted octanol–water partition coefficient (Wildman–Crippen LogP) is 4.85. The van der Waals surface area contributed by atoms with Crippen LogP contribution in [0.1, 0.15) is 75.2 Å². The molecule has 36 heavy (non-hydrogen) atoms. The maximum absolute atomic E-state index is 14.9. The molecule has 6 heteroatoms. The van der Waals surface area contributed by atoms with Crippen molar-refractivity contribution in [3.63, 3.8) is 0 Å². The maximum atomic E-state index is 14.9. The lowest BCUT2D eigenvalue weighted by molar-refractivity contribution is -0.142. The molecular formula is C30H37N3O3. The SMILES string of the molecule is CC(C)(C)[C@H]1O[C@@H]2Nc3ccccc3[C@@]23CCN(C(=O)c2ccccc2)[C@@]13C(=O)NC1CCCCC1. The average molecular weight is 488 g/mol. The first-order valence-corrected chi connectivity index (χ1v) is 13.5. The van der Waals surface area contributed by atoms with E-state index in [1.54, 1.807) is 0 Å². The number of rotatable bonds is 3. The first-order valence-electron chi connectivity index (χ1n) is 13.5. The van der Waals surface area contributed by atoms with Crippen molar-refractivity contribution in [2.24, 2.45) is 5.41 Å². The van der Waals surface area contributed by atoms with Crippen molar-refractivity contribution in [2.75, 3.05) is 11.9 Å². The summed E-state index contributed by atoms with van der Waals surface area (Å²) >= 11 is 0. The van der Waals surface area contributed by atoms with Crippen LogP contribution in [-0.2, 0) is 14.9 Å². The molecule has 3 fully saturated rings. The Labute approximate surface area is 213 Å². The summed E-state index contributed by atoms with van der Waals surface area (Å²) in [6.07, 6.45) is 5.27. The van der Waals surface area contributed by atoms with Gasteiger partial charge in [-0.1, -0.05) is 76.4 Å². The highest BCUT2D eigenvalue weighted by Crippen LogP contribution is 2.65. The minimum Gasteiger partial charge on any atom is -0.359 e. The summed E-state index contributed by atoms with van der Waals surface area (Å²) in [5.74, 6) is -0.161. The number of likely N-dealkylation sites (tertiary alicyclic amines) is 1. The largest absolute Gasteiger partial charge is 0.359 e. The van der Waals surface area contributed by atoms with Gasteiger partial charge in [-0.3, -0.25) is 9.59 Å². The molecule has 6 rings (SSSR count). The Morgan fingerprint density at radius 2 is 1.69 bits per heavy atom. The molecule has 4 atom stereocenters. The Kier molecular flexibility index (Phi) is 5.45. The number of benzene rings is 2. The third-order valence-electron chi connectivity index (χ3n) is 8.97. The lowest BCUT2D eigenvalue weighted by Crippen LogP contribution is -2.72. The van der Waals surface area contributed by atoms with Gasteiger partial charge in [0.15, 0.2) is 5.54 Å². The highest BCUT2D eigenvalue weighted by atomic mass is 16.5. The topological polar surface area (TPSA) is 70.7 Å². The molecule has 2 aromatic rings. The standard InChI is InChI=1S/C30H37N3O3/c1-28(2,3)25-30(26(35)31-21-14-8-5-9-15-21)29(22-16-10-11-17-23(22)32-27(29)36-25)18-19-33(30)24(34)20-12-6-4-7-13-20/h4,6-7,10-13,16-17,21,25,27,32H,5,8-9,14-15,18-19H2,1-3H3,(H,31,35)/t25-,27+,29+,30-/m1/s1. The zero-order valence-electron chi connectivity index (χ0n) is 21.5. The molecule has 3 heterocycles. The quantitative estimate of drug-likeness (QED) is 0.649. The van der Waals surface area contributed by atoms with E-state index in [4.69, 9.17) is 4.74 Å². The van der Waals surface area contributed by atoms with Crippen molar-refractivity contribution in [3.05, 3.63) is 65.7 Å². The number of nitrogens with zero attached hydrogens (tertiary/aromatic N) is 1. The second-order valence-electron chi connectivity index (χ2n) is 12.1. The van der Waals surface area contributed by atoms with Gasteiger partial charge in [0.05, 0.1) is 11.5 Å². The molecule has 0 unspecified atom stereocenters. The van der Waals surface area contributed by atoms with Gasteiger partial charge in [0.2, 0.25) is 5.91 Å². The fraction of sp³-hybridized carbons (Fsp3) is 0.533. The molecule has 6 nitrogen and oxygen atoms in total. The van der Waals surface area contributed by atoms with Crippen LogP contribution in [0.5, 0.6) is 0 Å². The van der Waals surface area contributed by atoms with Crippen LogP contribution < -0.4 is 10.6 Å². The summed E-state index contributed by atoms with van der Waals surface area (Å²) in [5, 5.41) is 7.06. The third-order valence-corrected chi connectivity index (χ3v) is 8.97. The number of nitrogens with one attached hydrogen (secondary N) is 2. The van der Waals surface area contributed by atoms with E-state index >= 15 is 0 Å². The molecule has 2 N–H and O–H groups in total. The highest BCUT2D eigenvalue weighted by Gasteiger charge is 2.80. The number of hydrogen-bond acceptors (Lipinski definition) is 4. The van der Waals surface area contributed by atoms with Crippen LogP contribution in [0.25, 0.3) is 0 Å². The van der Waals surface area contributed by atoms with Gasteiger partial charge in [0.25, 0.3) is 5.91 Å². The molecule has 1 saturated carbocycles. The minimum absolute atomic E-state index is 0.0582. The van der Waals surface area contributed by atoms with Gasteiger partial charge in [-0.25, -0.2) is 0 Å². The number of carbonyl (C=O) groups is 2. The average Bonchev–Trinajstić information content (AvgIpc) is 3.48. The van der Waals surface area contributed by atoms with Gasteiger partial charge in [0.1, 0.15) is 6.23 Å². The second kappa shape index (κ2) is 8.34. The van der Waals surface area contributed by atoms with Crippen molar-refractivity contribution < 1.29 is 14.3 Å². The van der Waals surface area contributed by atoms with E-state index in [9.17, 15) is 9.59 Å². The summed E-state index contributed by atoms with van der Waals surface area (Å²) in [5.41, 5.74) is 0.486. The van der Waals surface area contributed by atoms with E-state index in [0.29, 0.717) is 18.5 Å². The molecule has 3 aliphatic heterocycles. The second-order valence-corrected chi connectivity index (χ2v) is 12.1. The molecule has 2 amide bonds. The molecule has 0 bridgehead atoms. The molecule has 2 saturated heterocycles. The smallest absolute Gasteiger partial charge is 0.254 e. The fourth-order valence-corrected chi connectivity index (χ4v) is 7.55. The molecule has 0 radical (unpaired) electrons.